The molecule has 21 heavy (non-hydrogen) atoms. The molecule has 1 fully saturated rings. The Morgan fingerprint density at radius 1 is 1.00 bits per heavy atom. The van der Waals surface area contributed by atoms with E-state index in [4.69, 9.17) is 0 Å². The lowest BCUT2D eigenvalue weighted by molar-refractivity contribution is -0.131. The van der Waals surface area contributed by atoms with Gasteiger partial charge in [-0.3, -0.25) is 4.79 Å². The molecule has 0 radical (unpaired) electrons. The molecule has 2 N–H and O–H groups in total. The second-order valence-corrected chi connectivity index (χ2v) is 9.60. The molecule has 0 heterocycles. The van der Waals surface area contributed by atoms with E-state index in [9.17, 15) is 15.0 Å². The van der Waals surface area contributed by atoms with Crippen LogP contribution in [0, 0.1) is 16.2 Å². The predicted molar refractivity (Wildman–Crippen MR) is 81.7 cm³/mol. The van der Waals surface area contributed by atoms with Crippen LogP contribution in [0.3, 0.4) is 0 Å². The van der Waals surface area contributed by atoms with Gasteiger partial charge in [-0.15, -0.1) is 0 Å². The number of fused-ring (bicyclic) bond motifs is 3. The Kier molecular flexibility index (Phi) is 2.90. The highest BCUT2D eigenvalue weighted by Crippen LogP contribution is 2.61. The molecule has 3 unspecified atom stereocenters. The summed E-state index contributed by atoms with van der Waals surface area (Å²) in [6.45, 7) is 10.4. The fourth-order valence-electron chi connectivity index (χ4n) is 5.64. The van der Waals surface area contributed by atoms with Gasteiger partial charge in [0.1, 0.15) is 0 Å². The van der Waals surface area contributed by atoms with Crippen molar-refractivity contribution in [3.8, 4) is 0 Å². The Morgan fingerprint density at radius 3 is 2.24 bits per heavy atom. The molecular weight excluding hydrogens is 264 g/mol. The normalized spacial score (nSPS) is 44.5. The Morgan fingerprint density at radius 2 is 1.62 bits per heavy atom. The molecule has 3 atom stereocenters. The minimum atomic E-state index is -1.02. The minimum absolute atomic E-state index is 0.0324. The first kappa shape index (κ1) is 15.2. The van der Waals surface area contributed by atoms with Crippen molar-refractivity contribution in [2.75, 3.05) is 0 Å². The van der Waals surface area contributed by atoms with Crippen LogP contribution in [-0.2, 0) is 4.79 Å². The Balaban J connectivity index is 2.18. The zero-order valence-corrected chi connectivity index (χ0v) is 13.9. The van der Waals surface area contributed by atoms with Crippen LogP contribution in [0.25, 0.3) is 0 Å². The number of aliphatic hydroxyl groups excluding tert-OH is 1. The average Bonchev–Trinajstić information content (AvgIpc) is 2.20. The summed E-state index contributed by atoms with van der Waals surface area (Å²) in [5, 5.41) is 22.2. The molecule has 3 heteroatoms. The Labute approximate surface area is 127 Å². The number of ketones is 1. The quantitative estimate of drug-likeness (QED) is 0.721. The molecule has 0 spiro atoms. The lowest BCUT2D eigenvalue weighted by atomic mass is 9.49. The fraction of sp³-hybridized carbons (Fsp3) is 0.833. The van der Waals surface area contributed by atoms with E-state index in [1.807, 2.05) is 13.8 Å². The third-order valence-electron chi connectivity index (χ3n) is 5.79. The van der Waals surface area contributed by atoms with E-state index in [-0.39, 0.29) is 16.6 Å². The molecule has 0 aromatic rings. The number of allylic oxidation sites excluding steroid dienone is 1. The van der Waals surface area contributed by atoms with Gasteiger partial charge in [-0.2, -0.15) is 0 Å². The van der Waals surface area contributed by atoms with E-state index in [0.29, 0.717) is 31.3 Å². The standard InChI is InChI=1S/C18H28O3/c1-15(2)8-17(5)6-11-12(19)7-16(3,4)14(20)13(11)18(21,9-15)10-17/h14,20-21H,6-10H2,1-5H3. The molecule has 3 rings (SSSR count). The lowest BCUT2D eigenvalue weighted by Crippen LogP contribution is -2.57. The van der Waals surface area contributed by atoms with E-state index >= 15 is 0 Å². The van der Waals surface area contributed by atoms with Crippen molar-refractivity contribution in [1.82, 2.24) is 0 Å². The van der Waals surface area contributed by atoms with Crippen LogP contribution in [-0.4, -0.2) is 27.7 Å². The van der Waals surface area contributed by atoms with Gasteiger partial charge in [0.05, 0.1) is 11.7 Å². The van der Waals surface area contributed by atoms with Crippen molar-refractivity contribution >= 4 is 5.78 Å². The summed E-state index contributed by atoms with van der Waals surface area (Å²) < 4.78 is 0. The number of carbonyl (C=O) groups excluding carboxylic acids is 1. The molecule has 0 aliphatic heterocycles. The van der Waals surface area contributed by atoms with Crippen LogP contribution < -0.4 is 0 Å². The molecule has 2 bridgehead atoms. The van der Waals surface area contributed by atoms with Crippen LogP contribution in [0.2, 0.25) is 0 Å². The molecule has 3 aliphatic carbocycles. The van der Waals surface area contributed by atoms with Crippen LogP contribution in [0.5, 0.6) is 0 Å². The highest BCUT2D eigenvalue weighted by atomic mass is 16.3. The van der Waals surface area contributed by atoms with E-state index in [1.165, 1.54) is 0 Å². The summed E-state index contributed by atoms with van der Waals surface area (Å²) in [5.41, 5.74) is -0.128. The average molecular weight is 292 g/mol. The zero-order valence-electron chi connectivity index (χ0n) is 13.9. The second kappa shape index (κ2) is 3.99. The Bertz CT molecular complexity index is 543. The predicted octanol–water partition coefficient (Wildman–Crippen LogP) is 2.99. The number of hydrogen-bond acceptors (Lipinski definition) is 3. The van der Waals surface area contributed by atoms with Crippen molar-refractivity contribution in [2.24, 2.45) is 16.2 Å². The number of hydrogen-bond donors (Lipinski definition) is 2. The number of rotatable bonds is 0. The summed E-state index contributed by atoms with van der Waals surface area (Å²) in [4.78, 5) is 12.6. The summed E-state index contributed by atoms with van der Waals surface area (Å²) in [6, 6.07) is 0. The second-order valence-electron chi connectivity index (χ2n) is 9.60. The maximum Gasteiger partial charge on any atom is 0.159 e. The van der Waals surface area contributed by atoms with Gasteiger partial charge in [0.2, 0.25) is 0 Å². The van der Waals surface area contributed by atoms with Gasteiger partial charge in [-0.1, -0.05) is 34.6 Å². The molecule has 0 saturated heterocycles. The summed E-state index contributed by atoms with van der Waals surface area (Å²) in [6.07, 6.45) is 2.69. The molecule has 3 aliphatic rings. The van der Waals surface area contributed by atoms with Gasteiger partial charge >= 0.3 is 0 Å². The van der Waals surface area contributed by atoms with E-state index in [2.05, 4.69) is 20.8 Å². The van der Waals surface area contributed by atoms with Crippen LogP contribution in [0.4, 0.5) is 0 Å². The first-order chi connectivity index (χ1) is 9.38. The summed E-state index contributed by atoms with van der Waals surface area (Å²) in [7, 11) is 0. The van der Waals surface area contributed by atoms with Crippen molar-refractivity contribution in [3.05, 3.63) is 11.1 Å². The smallest absolute Gasteiger partial charge is 0.159 e. The van der Waals surface area contributed by atoms with Gasteiger partial charge in [-0.05, 0) is 42.1 Å². The zero-order chi connectivity index (χ0) is 15.8. The van der Waals surface area contributed by atoms with Crippen molar-refractivity contribution in [1.29, 1.82) is 0 Å². The number of carbonyl (C=O) groups is 1. The first-order valence-electron chi connectivity index (χ1n) is 8.05. The largest absolute Gasteiger partial charge is 0.388 e. The SMILES string of the molecule is CC1(C)CC2(C)CC3=C(C(O)C(C)(C)CC3=O)C(O)(C1)C2. The number of Topliss-reactive ketones (excluding diaryl/α,β-unsaturated/α-hetero) is 1. The van der Waals surface area contributed by atoms with Gasteiger partial charge in [0.25, 0.3) is 0 Å². The molecule has 1 saturated carbocycles. The topological polar surface area (TPSA) is 57.5 Å². The van der Waals surface area contributed by atoms with Gasteiger partial charge in [0, 0.05) is 17.4 Å². The first-order valence-corrected chi connectivity index (χ1v) is 8.05. The monoisotopic (exact) mass is 292 g/mol. The van der Waals surface area contributed by atoms with Crippen LogP contribution >= 0.6 is 0 Å². The lowest BCUT2D eigenvalue weighted by Gasteiger charge is -2.58. The molecule has 0 aromatic heterocycles. The van der Waals surface area contributed by atoms with E-state index in [1.54, 1.807) is 0 Å². The maximum absolute atomic E-state index is 12.6. The van der Waals surface area contributed by atoms with Gasteiger partial charge in [-0.25, -0.2) is 0 Å². The highest BCUT2D eigenvalue weighted by molar-refractivity contribution is 5.98. The maximum atomic E-state index is 12.6. The minimum Gasteiger partial charge on any atom is -0.388 e. The van der Waals surface area contributed by atoms with E-state index in [0.717, 1.165) is 12.0 Å². The Hall–Kier alpha value is -0.670. The van der Waals surface area contributed by atoms with Gasteiger partial charge < -0.3 is 10.2 Å². The van der Waals surface area contributed by atoms with Crippen LogP contribution in [0.15, 0.2) is 11.1 Å². The van der Waals surface area contributed by atoms with Crippen molar-refractivity contribution in [3.63, 3.8) is 0 Å². The molecule has 0 aromatic carbocycles. The van der Waals surface area contributed by atoms with Crippen molar-refractivity contribution < 1.29 is 15.0 Å². The molecule has 3 nitrogen and oxygen atoms in total. The molecule has 0 amide bonds. The molecular formula is C18H28O3. The highest BCUT2D eigenvalue weighted by Gasteiger charge is 2.59. The fourth-order valence-corrected chi connectivity index (χ4v) is 5.64. The van der Waals surface area contributed by atoms with Crippen LogP contribution in [0.1, 0.15) is 66.7 Å². The number of aliphatic hydroxyl groups is 2. The third kappa shape index (κ3) is 2.20. The van der Waals surface area contributed by atoms with Gasteiger partial charge in [0.15, 0.2) is 5.78 Å². The van der Waals surface area contributed by atoms with E-state index < -0.39 is 17.1 Å². The third-order valence-corrected chi connectivity index (χ3v) is 5.79. The van der Waals surface area contributed by atoms with Crippen molar-refractivity contribution in [2.45, 2.75) is 78.4 Å². The summed E-state index contributed by atoms with van der Waals surface area (Å²) >= 11 is 0. The summed E-state index contributed by atoms with van der Waals surface area (Å²) in [5.74, 6) is 0.129. The molecule has 118 valence electrons.